The molecule has 2 rings (SSSR count). The Labute approximate surface area is 147 Å². The monoisotopic (exact) mass is 392 g/mol. The summed E-state index contributed by atoms with van der Waals surface area (Å²) in [5.74, 6) is -1.93. The van der Waals surface area contributed by atoms with Crippen LogP contribution in [0, 0.1) is 0 Å². The average Bonchev–Trinajstić information content (AvgIpc) is 2.87. The third kappa shape index (κ3) is 3.83. The van der Waals surface area contributed by atoms with Crippen LogP contribution in [-0.2, 0) is 16.6 Å². The highest BCUT2D eigenvalue weighted by Gasteiger charge is 2.23. The van der Waals surface area contributed by atoms with Crippen molar-refractivity contribution in [2.45, 2.75) is 0 Å². The van der Waals surface area contributed by atoms with Crippen molar-refractivity contribution in [3.8, 4) is 11.3 Å². The van der Waals surface area contributed by atoms with Gasteiger partial charge in [0.05, 0.1) is 0 Å². The van der Waals surface area contributed by atoms with Crippen LogP contribution in [0.1, 0.15) is 10.5 Å². The lowest BCUT2D eigenvalue weighted by Crippen LogP contribution is -2.43. The molecule has 3 amide bonds. The van der Waals surface area contributed by atoms with Crippen molar-refractivity contribution in [3.63, 3.8) is 0 Å². The first-order chi connectivity index (χ1) is 11.3. The summed E-state index contributed by atoms with van der Waals surface area (Å²) in [5, 5.41) is 0. The van der Waals surface area contributed by atoms with Crippen molar-refractivity contribution in [2.75, 3.05) is 13.1 Å². The predicted molar refractivity (Wildman–Crippen MR) is 92.8 cm³/mol. The molecule has 0 atom stereocenters. The molecule has 0 aliphatic rings. The molecule has 7 nitrogen and oxygen atoms in total. The first-order valence-corrected chi connectivity index (χ1v) is 7.87. The zero-order valence-electron chi connectivity index (χ0n) is 13.0. The quantitative estimate of drug-likeness (QED) is 0.760. The van der Waals surface area contributed by atoms with Crippen molar-refractivity contribution in [1.29, 1.82) is 0 Å². The molecule has 1 aromatic heterocycles. The van der Waals surface area contributed by atoms with Gasteiger partial charge in [-0.3, -0.25) is 14.4 Å². The van der Waals surface area contributed by atoms with Gasteiger partial charge in [-0.2, -0.15) is 0 Å². The minimum absolute atomic E-state index is 0.322. The molecule has 0 aliphatic carbocycles. The first-order valence-electron chi connectivity index (χ1n) is 7.07. The largest absolute Gasteiger partial charge is 0.368 e. The van der Waals surface area contributed by atoms with Crippen LogP contribution in [-0.4, -0.2) is 40.3 Å². The van der Waals surface area contributed by atoms with Gasteiger partial charge >= 0.3 is 0 Å². The summed E-state index contributed by atoms with van der Waals surface area (Å²) in [6.45, 7) is -0.755. The number of hydrogen-bond acceptors (Lipinski definition) is 3. The minimum Gasteiger partial charge on any atom is -0.368 e. The van der Waals surface area contributed by atoms with Gasteiger partial charge in [0.25, 0.3) is 5.91 Å². The fourth-order valence-electron chi connectivity index (χ4n) is 2.40. The van der Waals surface area contributed by atoms with Gasteiger partial charge in [-0.25, -0.2) is 0 Å². The average molecular weight is 393 g/mol. The second-order valence-electron chi connectivity index (χ2n) is 5.24. The molecule has 8 heteroatoms. The van der Waals surface area contributed by atoms with Crippen molar-refractivity contribution in [1.82, 2.24) is 9.47 Å². The fourth-order valence-corrected chi connectivity index (χ4v) is 2.89. The molecular weight excluding hydrogens is 376 g/mol. The van der Waals surface area contributed by atoms with Crippen LogP contribution in [0.15, 0.2) is 40.9 Å². The molecule has 1 aromatic carbocycles. The fraction of sp³-hybridized carbons (Fsp3) is 0.188. The van der Waals surface area contributed by atoms with Gasteiger partial charge in [0.2, 0.25) is 11.8 Å². The van der Waals surface area contributed by atoms with Crippen molar-refractivity contribution >= 4 is 33.7 Å². The molecule has 0 unspecified atom stereocenters. The van der Waals surface area contributed by atoms with Crippen molar-refractivity contribution in [3.05, 3.63) is 46.6 Å². The molecular formula is C16H17BrN4O3. The topological polar surface area (TPSA) is 111 Å². The lowest BCUT2D eigenvalue weighted by Gasteiger charge is -2.20. The molecule has 0 bridgehead atoms. The molecule has 4 N–H and O–H groups in total. The molecule has 2 aromatic rings. The van der Waals surface area contributed by atoms with Crippen molar-refractivity contribution < 1.29 is 14.4 Å². The highest BCUT2D eigenvalue weighted by molar-refractivity contribution is 9.10. The lowest BCUT2D eigenvalue weighted by molar-refractivity contribution is -0.121. The van der Waals surface area contributed by atoms with Gasteiger partial charge in [-0.05, 0) is 18.2 Å². The maximum atomic E-state index is 12.6. The van der Waals surface area contributed by atoms with Crippen LogP contribution < -0.4 is 11.5 Å². The molecule has 0 saturated carbocycles. The maximum absolute atomic E-state index is 12.6. The van der Waals surface area contributed by atoms with E-state index in [0.717, 1.165) is 20.6 Å². The smallest absolute Gasteiger partial charge is 0.271 e. The number of nitrogens with zero attached hydrogens (tertiary/aromatic N) is 2. The summed E-state index contributed by atoms with van der Waals surface area (Å²) in [6, 6.07) is 11.0. The lowest BCUT2D eigenvalue weighted by atomic mass is 10.1. The van der Waals surface area contributed by atoms with Gasteiger partial charge in [0.1, 0.15) is 18.8 Å². The van der Waals surface area contributed by atoms with Gasteiger partial charge in [0, 0.05) is 22.8 Å². The summed E-state index contributed by atoms with van der Waals surface area (Å²) in [6.07, 6.45) is 0. The second-order valence-corrected chi connectivity index (χ2v) is 6.09. The maximum Gasteiger partial charge on any atom is 0.271 e. The summed E-state index contributed by atoms with van der Waals surface area (Å²) in [5.41, 5.74) is 12.3. The summed E-state index contributed by atoms with van der Waals surface area (Å²) >= 11 is 3.48. The van der Waals surface area contributed by atoms with E-state index in [0.29, 0.717) is 5.69 Å². The Hall–Kier alpha value is -2.61. The van der Waals surface area contributed by atoms with Gasteiger partial charge in [-0.15, -0.1) is 0 Å². The molecule has 1 heterocycles. The standard InChI is InChI=1S/C16H17BrN4O3/c1-20-12(10-4-2-3-5-11(10)17)6-7-13(20)16(24)21(8-14(18)22)9-15(19)23/h2-7H,8-9H2,1H3,(H2,18,22)(H2,19,23). The van der Waals surface area contributed by atoms with E-state index in [-0.39, 0.29) is 13.1 Å². The number of aromatic nitrogens is 1. The number of nitrogens with two attached hydrogens (primary N) is 2. The summed E-state index contributed by atoms with van der Waals surface area (Å²) in [4.78, 5) is 36.0. The normalized spacial score (nSPS) is 10.4. The number of hydrogen-bond donors (Lipinski definition) is 2. The van der Waals surface area contributed by atoms with Crippen molar-refractivity contribution in [2.24, 2.45) is 18.5 Å². The summed E-state index contributed by atoms with van der Waals surface area (Å²) < 4.78 is 2.58. The summed E-state index contributed by atoms with van der Waals surface area (Å²) in [7, 11) is 1.73. The van der Waals surface area contributed by atoms with E-state index in [1.165, 1.54) is 0 Å². The van der Waals surface area contributed by atoms with E-state index in [1.807, 2.05) is 24.3 Å². The van der Waals surface area contributed by atoms with E-state index in [1.54, 1.807) is 23.7 Å². The SMILES string of the molecule is Cn1c(C(=O)N(CC(N)=O)CC(N)=O)ccc1-c1ccccc1Br. The zero-order valence-corrected chi connectivity index (χ0v) is 14.6. The van der Waals surface area contributed by atoms with Crippen LogP contribution in [0.25, 0.3) is 11.3 Å². The Bertz CT molecular complexity index is 784. The Morgan fingerprint density at radius 2 is 1.62 bits per heavy atom. The van der Waals surface area contributed by atoms with Crippen LogP contribution in [0.4, 0.5) is 0 Å². The highest BCUT2D eigenvalue weighted by Crippen LogP contribution is 2.29. The zero-order chi connectivity index (χ0) is 17.9. The molecule has 24 heavy (non-hydrogen) atoms. The highest BCUT2D eigenvalue weighted by atomic mass is 79.9. The number of primary amides is 2. The van der Waals surface area contributed by atoms with E-state index >= 15 is 0 Å². The Balaban J connectivity index is 2.38. The Morgan fingerprint density at radius 3 is 2.17 bits per heavy atom. The van der Waals surface area contributed by atoms with Gasteiger partial charge < -0.3 is 20.9 Å². The Morgan fingerprint density at radius 1 is 1.04 bits per heavy atom. The molecule has 0 fully saturated rings. The van der Waals surface area contributed by atoms with Crippen LogP contribution in [0.5, 0.6) is 0 Å². The van der Waals surface area contributed by atoms with E-state index in [4.69, 9.17) is 11.5 Å². The minimum atomic E-state index is -0.718. The number of benzene rings is 1. The number of carbonyl (C=O) groups is 3. The number of halogens is 1. The van der Waals surface area contributed by atoms with Crippen LogP contribution in [0.3, 0.4) is 0 Å². The van der Waals surface area contributed by atoms with E-state index in [2.05, 4.69) is 15.9 Å². The molecule has 0 aliphatic heterocycles. The van der Waals surface area contributed by atoms with E-state index in [9.17, 15) is 14.4 Å². The second kappa shape index (κ2) is 7.31. The van der Waals surface area contributed by atoms with Gasteiger partial charge in [-0.1, -0.05) is 34.1 Å². The Kier molecular flexibility index (Phi) is 5.40. The first kappa shape index (κ1) is 17.7. The predicted octanol–water partition coefficient (Wildman–Crippen LogP) is 0.867. The number of amides is 3. The van der Waals surface area contributed by atoms with Crippen LogP contribution in [0.2, 0.25) is 0 Å². The molecule has 126 valence electrons. The molecule has 0 radical (unpaired) electrons. The van der Waals surface area contributed by atoms with Crippen LogP contribution >= 0.6 is 15.9 Å². The van der Waals surface area contributed by atoms with E-state index < -0.39 is 17.7 Å². The third-order valence-electron chi connectivity index (χ3n) is 3.47. The molecule has 0 spiro atoms. The third-order valence-corrected chi connectivity index (χ3v) is 4.16. The number of carbonyl (C=O) groups excluding carboxylic acids is 3. The molecule has 0 saturated heterocycles. The van der Waals surface area contributed by atoms with Gasteiger partial charge in [0.15, 0.2) is 0 Å². The number of rotatable bonds is 6.